The highest BCUT2D eigenvalue weighted by molar-refractivity contribution is 6.39. The van der Waals surface area contributed by atoms with Gasteiger partial charge in [-0.2, -0.15) is 0 Å². The minimum Gasteiger partial charge on any atom is -0.481 e. The zero-order valence-electron chi connectivity index (χ0n) is 28.0. The number of hydrogen-bond acceptors (Lipinski definition) is 9. The van der Waals surface area contributed by atoms with Gasteiger partial charge in [0.15, 0.2) is 0 Å². The Labute approximate surface area is 305 Å². The molecule has 0 spiro atoms. The van der Waals surface area contributed by atoms with Gasteiger partial charge in [0.1, 0.15) is 5.65 Å². The Morgan fingerprint density at radius 2 is 1.75 bits per heavy atom. The van der Waals surface area contributed by atoms with Gasteiger partial charge in [0.2, 0.25) is 11.8 Å². The molecule has 2 aliphatic rings. The van der Waals surface area contributed by atoms with Crippen molar-refractivity contribution in [2.75, 3.05) is 26.9 Å². The first-order valence-corrected chi connectivity index (χ1v) is 17.7. The lowest BCUT2D eigenvalue weighted by atomic mass is 9.97. The van der Waals surface area contributed by atoms with Gasteiger partial charge < -0.3 is 30.5 Å². The summed E-state index contributed by atoms with van der Waals surface area (Å²) >= 11 is 14.2. The van der Waals surface area contributed by atoms with Crippen LogP contribution in [0.3, 0.4) is 0 Å². The predicted molar refractivity (Wildman–Crippen MR) is 197 cm³/mol. The van der Waals surface area contributed by atoms with Crippen molar-refractivity contribution in [3.8, 4) is 39.4 Å². The third-order valence-electron chi connectivity index (χ3n) is 9.46. The Balaban J connectivity index is 1.12. The number of ether oxygens (including phenoxy) is 2. The van der Waals surface area contributed by atoms with Gasteiger partial charge in [0, 0.05) is 90.5 Å². The topological polar surface area (TPSA) is 139 Å². The Kier molecular flexibility index (Phi) is 10.6. The van der Waals surface area contributed by atoms with E-state index in [1.807, 2.05) is 60.7 Å². The molecule has 0 saturated carbocycles. The van der Waals surface area contributed by atoms with Crippen LogP contribution in [0.5, 0.6) is 5.88 Å². The molecule has 3 atom stereocenters. The van der Waals surface area contributed by atoms with E-state index >= 15 is 0 Å². The highest BCUT2D eigenvalue weighted by Crippen LogP contribution is 2.42. The van der Waals surface area contributed by atoms with Crippen LogP contribution in [-0.4, -0.2) is 70.4 Å². The van der Waals surface area contributed by atoms with E-state index in [4.69, 9.17) is 37.7 Å². The van der Waals surface area contributed by atoms with Crippen molar-refractivity contribution in [3.05, 3.63) is 105 Å². The van der Waals surface area contributed by atoms with Gasteiger partial charge in [-0.3, -0.25) is 14.0 Å². The minimum atomic E-state index is -0.563. The summed E-state index contributed by atoms with van der Waals surface area (Å²) in [4.78, 5) is 34.1. The molecule has 11 nitrogen and oxygen atoms in total. The number of aliphatic hydroxyl groups excluding tert-OH is 1. The molecule has 0 radical (unpaired) electrons. The second kappa shape index (κ2) is 15.5. The molecule has 1 amide bonds. The monoisotopic (exact) mass is 728 g/mol. The summed E-state index contributed by atoms with van der Waals surface area (Å²) in [5, 5.41) is 20.8. The Bertz CT molecular complexity index is 2140. The van der Waals surface area contributed by atoms with Crippen LogP contribution in [0.2, 0.25) is 10.0 Å². The average Bonchev–Trinajstić information content (AvgIpc) is 3.57. The fourth-order valence-electron chi connectivity index (χ4n) is 6.65. The number of carbonyl (C=O) groups is 1. The normalized spacial score (nSPS) is 19.0. The molecule has 3 aromatic heterocycles. The van der Waals surface area contributed by atoms with Crippen LogP contribution < -0.4 is 26.2 Å². The maximum absolute atomic E-state index is 13.3. The SMILES string of the molecule is COc1nc(-c2cccc(-c3cccc(-c4ccn5c(=O)c(CNCC6CCC(=O)N6)cnc5c4)c3Cl)c2Cl)ccc1CN[C@@H]1CCOC[C@H]1O. The van der Waals surface area contributed by atoms with E-state index in [-0.39, 0.29) is 23.6 Å². The van der Waals surface area contributed by atoms with Crippen LogP contribution in [0.15, 0.2) is 77.9 Å². The lowest BCUT2D eigenvalue weighted by Crippen LogP contribution is -2.46. The quantitative estimate of drug-likeness (QED) is 0.148. The summed E-state index contributed by atoms with van der Waals surface area (Å²) in [5.41, 5.74) is 6.15. The smallest absolute Gasteiger partial charge is 0.262 e. The number of rotatable bonds is 11. The van der Waals surface area contributed by atoms with E-state index in [0.717, 1.165) is 46.2 Å². The maximum Gasteiger partial charge on any atom is 0.262 e. The molecular weight excluding hydrogens is 691 g/mol. The molecule has 13 heteroatoms. The molecule has 264 valence electrons. The Morgan fingerprint density at radius 3 is 2.49 bits per heavy atom. The molecule has 2 aliphatic heterocycles. The zero-order valence-corrected chi connectivity index (χ0v) is 29.5. The van der Waals surface area contributed by atoms with Crippen molar-refractivity contribution in [2.45, 2.75) is 50.5 Å². The summed E-state index contributed by atoms with van der Waals surface area (Å²) in [7, 11) is 1.58. The Morgan fingerprint density at radius 1 is 0.980 bits per heavy atom. The maximum atomic E-state index is 13.3. The number of benzene rings is 2. The van der Waals surface area contributed by atoms with E-state index in [1.165, 1.54) is 4.40 Å². The highest BCUT2D eigenvalue weighted by atomic mass is 35.5. The number of pyridine rings is 2. The Hall–Kier alpha value is -4.36. The lowest BCUT2D eigenvalue weighted by molar-refractivity contribution is -0.119. The van der Waals surface area contributed by atoms with Gasteiger partial charge in [0.25, 0.3) is 5.56 Å². The summed E-state index contributed by atoms with van der Waals surface area (Å²) in [6.45, 7) is 2.34. The first-order valence-electron chi connectivity index (χ1n) is 16.9. The summed E-state index contributed by atoms with van der Waals surface area (Å²) < 4.78 is 12.5. The third kappa shape index (κ3) is 7.50. The fraction of sp³-hybridized carbons (Fsp3) is 0.316. The molecular formula is C38H38Cl2N6O5. The van der Waals surface area contributed by atoms with Crippen LogP contribution in [0.25, 0.3) is 39.2 Å². The number of hydrogen-bond donors (Lipinski definition) is 4. The van der Waals surface area contributed by atoms with Gasteiger partial charge in [-0.1, -0.05) is 65.7 Å². The number of fused-ring (bicyclic) bond motifs is 1. The number of methoxy groups -OCH3 is 1. The average molecular weight is 730 g/mol. The number of aliphatic hydroxyl groups is 1. The van der Waals surface area contributed by atoms with E-state index < -0.39 is 6.10 Å². The van der Waals surface area contributed by atoms with Crippen LogP contribution in [0.4, 0.5) is 0 Å². The van der Waals surface area contributed by atoms with Crippen LogP contribution in [-0.2, 0) is 22.6 Å². The van der Waals surface area contributed by atoms with Crippen molar-refractivity contribution in [2.24, 2.45) is 0 Å². The molecule has 5 aromatic rings. The van der Waals surface area contributed by atoms with Crippen LogP contribution >= 0.6 is 23.2 Å². The van der Waals surface area contributed by atoms with Crippen molar-refractivity contribution < 1.29 is 19.4 Å². The molecule has 4 N–H and O–H groups in total. The van der Waals surface area contributed by atoms with E-state index in [2.05, 4.69) is 20.9 Å². The van der Waals surface area contributed by atoms with Gasteiger partial charge in [0.05, 0.1) is 35.6 Å². The largest absolute Gasteiger partial charge is 0.481 e. The first-order chi connectivity index (χ1) is 24.8. The number of amides is 1. The predicted octanol–water partition coefficient (Wildman–Crippen LogP) is 5.01. The van der Waals surface area contributed by atoms with Crippen molar-refractivity contribution in [1.82, 2.24) is 30.3 Å². The van der Waals surface area contributed by atoms with Gasteiger partial charge in [-0.05, 0) is 36.6 Å². The molecule has 5 heterocycles. The second-order valence-corrected chi connectivity index (χ2v) is 13.5. The number of nitrogens with one attached hydrogen (secondary N) is 3. The summed E-state index contributed by atoms with van der Waals surface area (Å²) in [5.74, 6) is 0.528. The first kappa shape index (κ1) is 35.1. The molecule has 0 aliphatic carbocycles. The molecule has 51 heavy (non-hydrogen) atoms. The molecule has 2 fully saturated rings. The van der Waals surface area contributed by atoms with Crippen LogP contribution in [0, 0.1) is 0 Å². The second-order valence-electron chi connectivity index (χ2n) is 12.8. The highest BCUT2D eigenvalue weighted by Gasteiger charge is 2.24. The molecule has 1 unspecified atom stereocenters. The fourth-order valence-corrected chi connectivity index (χ4v) is 7.31. The number of aromatic nitrogens is 3. The van der Waals surface area contributed by atoms with Crippen molar-refractivity contribution >= 4 is 34.8 Å². The van der Waals surface area contributed by atoms with Crippen LogP contribution in [0.1, 0.15) is 30.4 Å². The summed E-state index contributed by atoms with van der Waals surface area (Å²) in [6.07, 6.45) is 4.78. The lowest BCUT2D eigenvalue weighted by Gasteiger charge is -2.28. The number of carbonyl (C=O) groups excluding carboxylic acids is 1. The standard InChI is InChI=1S/C38H38Cl2N6O5/c1-50-37-23(18-42-31-13-15-51-21-32(31)47)8-10-30(45-37)29-7-3-6-28(36(29)40)27-5-2-4-26(35(27)39)22-12-14-46-33(16-22)43-19-24(38(46)49)17-41-20-25-9-11-34(48)44-25/h2-8,10,12,14,16,19,25,31-32,41-42,47H,9,11,13,15,17-18,20-21H2,1H3,(H,44,48)/t25?,31-,32-/m1/s1. The minimum absolute atomic E-state index is 0.0604. The molecule has 0 bridgehead atoms. The molecule has 2 aromatic carbocycles. The van der Waals surface area contributed by atoms with Gasteiger partial charge >= 0.3 is 0 Å². The van der Waals surface area contributed by atoms with E-state index in [0.29, 0.717) is 72.1 Å². The third-order valence-corrected chi connectivity index (χ3v) is 10.3. The summed E-state index contributed by atoms with van der Waals surface area (Å²) in [6, 6.07) is 19.1. The zero-order chi connectivity index (χ0) is 35.5. The number of halogens is 2. The van der Waals surface area contributed by atoms with Crippen molar-refractivity contribution in [3.63, 3.8) is 0 Å². The van der Waals surface area contributed by atoms with E-state index in [9.17, 15) is 14.7 Å². The van der Waals surface area contributed by atoms with Gasteiger partial charge in [-0.25, -0.2) is 9.97 Å². The molecule has 2 saturated heterocycles. The van der Waals surface area contributed by atoms with Gasteiger partial charge in [-0.15, -0.1) is 0 Å². The molecule has 7 rings (SSSR count). The van der Waals surface area contributed by atoms with E-state index in [1.54, 1.807) is 19.5 Å². The number of nitrogens with zero attached hydrogens (tertiary/aromatic N) is 3. The van der Waals surface area contributed by atoms with Crippen molar-refractivity contribution in [1.29, 1.82) is 0 Å².